The summed E-state index contributed by atoms with van der Waals surface area (Å²) in [4.78, 5) is 4.51. The van der Waals surface area contributed by atoms with Crippen LogP contribution in [0.25, 0.3) is 0 Å². The van der Waals surface area contributed by atoms with Crippen molar-refractivity contribution in [2.45, 2.75) is 13.3 Å². The molecule has 0 bridgehead atoms. The van der Waals surface area contributed by atoms with Gasteiger partial charge in [0.25, 0.3) is 0 Å². The zero-order valence-corrected chi connectivity index (χ0v) is 8.11. The Kier molecular flexibility index (Phi) is 1.93. The van der Waals surface area contributed by atoms with Crippen molar-refractivity contribution >= 4 is 22.5 Å². The number of hydrogen-bond acceptors (Lipinski definition) is 2. The van der Waals surface area contributed by atoms with Crippen molar-refractivity contribution in [3.8, 4) is 0 Å². The summed E-state index contributed by atoms with van der Waals surface area (Å²) in [5, 5.41) is 1.23. The summed E-state index contributed by atoms with van der Waals surface area (Å²) < 4.78 is 0. The maximum atomic E-state index is 4.51. The van der Waals surface area contributed by atoms with E-state index in [0.29, 0.717) is 0 Å². The fourth-order valence-corrected chi connectivity index (χ4v) is 1.87. The summed E-state index contributed by atoms with van der Waals surface area (Å²) in [5.41, 5.74) is 3.82. The number of aryl methyl sites for hydroxylation is 1. The van der Waals surface area contributed by atoms with Crippen LogP contribution in [0.5, 0.6) is 0 Å². The minimum atomic E-state index is 1.02. The van der Waals surface area contributed by atoms with Gasteiger partial charge in [0.15, 0.2) is 0 Å². The van der Waals surface area contributed by atoms with Crippen LogP contribution in [0.1, 0.15) is 11.1 Å². The molecule has 1 aliphatic rings. The van der Waals surface area contributed by atoms with Gasteiger partial charge in [-0.25, -0.2) is 4.99 Å². The minimum Gasteiger partial charge on any atom is -0.246 e. The lowest BCUT2D eigenvalue weighted by Gasteiger charge is -1.96. The van der Waals surface area contributed by atoms with E-state index in [-0.39, 0.29) is 0 Å². The second-order valence-electron chi connectivity index (χ2n) is 3.02. The zero-order chi connectivity index (χ0) is 8.55. The van der Waals surface area contributed by atoms with Gasteiger partial charge in [-0.05, 0) is 30.4 Å². The van der Waals surface area contributed by atoms with Crippen molar-refractivity contribution in [3.05, 3.63) is 29.3 Å². The number of aliphatic imine (C=N–C) groups is 1. The first-order valence-electron chi connectivity index (χ1n) is 4.00. The van der Waals surface area contributed by atoms with Crippen LogP contribution in [0.15, 0.2) is 23.2 Å². The highest BCUT2D eigenvalue weighted by molar-refractivity contribution is 8.13. The second-order valence-corrected chi connectivity index (χ2v) is 3.90. The molecule has 0 unspecified atom stereocenters. The Labute approximate surface area is 76.9 Å². The van der Waals surface area contributed by atoms with Crippen LogP contribution in [0.2, 0.25) is 0 Å². The molecule has 0 saturated carbocycles. The number of thioether (sulfide) groups is 1. The zero-order valence-electron chi connectivity index (χ0n) is 7.29. The smallest absolute Gasteiger partial charge is 0.0780 e. The number of hydrogen-bond donors (Lipinski definition) is 0. The van der Waals surface area contributed by atoms with Gasteiger partial charge in [-0.15, -0.1) is 11.8 Å². The van der Waals surface area contributed by atoms with Crippen molar-refractivity contribution in [3.63, 3.8) is 0 Å². The van der Waals surface area contributed by atoms with Crippen LogP contribution in [0, 0.1) is 6.92 Å². The fraction of sp³-hybridized carbons (Fsp3) is 0.300. The van der Waals surface area contributed by atoms with Gasteiger partial charge in [0, 0.05) is 6.42 Å². The van der Waals surface area contributed by atoms with E-state index in [1.165, 1.54) is 21.9 Å². The van der Waals surface area contributed by atoms with E-state index in [1.807, 2.05) is 0 Å². The van der Waals surface area contributed by atoms with Crippen molar-refractivity contribution < 1.29 is 0 Å². The molecule has 1 aromatic carbocycles. The quantitative estimate of drug-likeness (QED) is 0.593. The molecule has 1 heterocycles. The molecule has 2 heteroatoms. The Morgan fingerprint density at radius 3 is 3.00 bits per heavy atom. The first-order valence-corrected chi connectivity index (χ1v) is 5.23. The van der Waals surface area contributed by atoms with Crippen LogP contribution in [0.3, 0.4) is 0 Å². The SMILES string of the molecule is CSC1=Nc2cc(C)ccc2C1. The van der Waals surface area contributed by atoms with E-state index in [2.05, 4.69) is 36.4 Å². The van der Waals surface area contributed by atoms with E-state index >= 15 is 0 Å². The average Bonchev–Trinajstić information content (AvgIpc) is 2.46. The molecular weight excluding hydrogens is 166 g/mol. The summed E-state index contributed by atoms with van der Waals surface area (Å²) in [6.45, 7) is 2.10. The van der Waals surface area contributed by atoms with Gasteiger partial charge in [0.2, 0.25) is 0 Å². The van der Waals surface area contributed by atoms with Gasteiger partial charge in [0.1, 0.15) is 0 Å². The fourth-order valence-electron chi connectivity index (χ4n) is 1.38. The highest BCUT2D eigenvalue weighted by Gasteiger charge is 2.12. The number of benzene rings is 1. The van der Waals surface area contributed by atoms with Crippen molar-refractivity contribution in [1.82, 2.24) is 0 Å². The highest BCUT2D eigenvalue weighted by Crippen LogP contribution is 2.29. The van der Waals surface area contributed by atoms with Gasteiger partial charge in [-0.1, -0.05) is 12.1 Å². The topological polar surface area (TPSA) is 12.4 Å². The Bertz CT molecular complexity index is 342. The summed E-state index contributed by atoms with van der Waals surface area (Å²) >= 11 is 1.74. The molecule has 0 amide bonds. The Balaban J connectivity index is 2.42. The van der Waals surface area contributed by atoms with Crippen molar-refractivity contribution in [1.29, 1.82) is 0 Å². The maximum absolute atomic E-state index is 4.51. The number of fused-ring (bicyclic) bond motifs is 1. The molecule has 1 aliphatic heterocycles. The van der Waals surface area contributed by atoms with Crippen molar-refractivity contribution in [2.75, 3.05) is 6.26 Å². The molecule has 0 spiro atoms. The summed E-state index contributed by atoms with van der Waals surface area (Å²) in [5.74, 6) is 0. The number of nitrogens with zero attached hydrogens (tertiary/aromatic N) is 1. The standard InChI is InChI=1S/C10H11NS/c1-7-3-4-8-6-10(12-2)11-9(8)5-7/h3-5H,6H2,1-2H3. The lowest BCUT2D eigenvalue weighted by Crippen LogP contribution is -1.88. The molecule has 0 atom stereocenters. The molecule has 0 fully saturated rings. The summed E-state index contributed by atoms with van der Waals surface area (Å²) in [6, 6.07) is 6.48. The van der Waals surface area contributed by atoms with E-state index in [4.69, 9.17) is 0 Å². The lowest BCUT2D eigenvalue weighted by molar-refractivity contribution is 1.36. The molecule has 2 rings (SSSR count). The van der Waals surface area contributed by atoms with E-state index in [9.17, 15) is 0 Å². The van der Waals surface area contributed by atoms with Crippen LogP contribution in [0.4, 0.5) is 5.69 Å². The third-order valence-corrected chi connectivity index (χ3v) is 2.77. The monoisotopic (exact) mass is 177 g/mol. The molecule has 1 aromatic rings. The normalized spacial score (nSPS) is 14.3. The molecule has 0 aliphatic carbocycles. The maximum Gasteiger partial charge on any atom is 0.0780 e. The van der Waals surface area contributed by atoms with Gasteiger partial charge in [-0.3, -0.25) is 0 Å². The molecule has 0 radical (unpaired) electrons. The predicted molar refractivity (Wildman–Crippen MR) is 55.5 cm³/mol. The lowest BCUT2D eigenvalue weighted by atomic mass is 10.1. The minimum absolute atomic E-state index is 1.02. The largest absolute Gasteiger partial charge is 0.246 e. The van der Waals surface area contributed by atoms with Gasteiger partial charge in [-0.2, -0.15) is 0 Å². The third-order valence-electron chi connectivity index (χ3n) is 2.06. The van der Waals surface area contributed by atoms with Gasteiger partial charge >= 0.3 is 0 Å². The Morgan fingerprint density at radius 1 is 1.42 bits per heavy atom. The third kappa shape index (κ3) is 1.27. The van der Waals surface area contributed by atoms with Crippen LogP contribution >= 0.6 is 11.8 Å². The highest BCUT2D eigenvalue weighted by atomic mass is 32.2. The van der Waals surface area contributed by atoms with Crippen LogP contribution in [-0.2, 0) is 6.42 Å². The summed E-state index contributed by atoms with van der Waals surface area (Å²) in [7, 11) is 0. The number of rotatable bonds is 0. The van der Waals surface area contributed by atoms with Crippen LogP contribution < -0.4 is 0 Å². The van der Waals surface area contributed by atoms with Gasteiger partial charge < -0.3 is 0 Å². The molecule has 12 heavy (non-hydrogen) atoms. The molecule has 0 saturated heterocycles. The molecule has 1 nitrogen and oxygen atoms in total. The van der Waals surface area contributed by atoms with Crippen LogP contribution in [-0.4, -0.2) is 11.3 Å². The molecular formula is C10H11NS. The predicted octanol–water partition coefficient (Wildman–Crippen LogP) is 2.94. The van der Waals surface area contributed by atoms with Gasteiger partial charge in [0.05, 0.1) is 10.7 Å². The molecule has 62 valence electrons. The Hall–Kier alpha value is -0.760. The molecule has 0 aromatic heterocycles. The molecule has 0 N–H and O–H groups in total. The van der Waals surface area contributed by atoms with Crippen molar-refractivity contribution in [2.24, 2.45) is 4.99 Å². The van der Waals surface area contributed by atoms with E-state index < -0.39 is 0 Å². The first-order chi connectivity index (χ1) is 5.79. The second kappa shape index (κ2) is 2.94. The Morgan fingerprint density at radius 2 is 2.25 bits per heavy atom. The van der Waals surface area contributed by atoms with E-state index in [0.717, 1.165) is 6.42 Å². The first kappa shape index (κ1) is 7.87. The average molecular weight is 177 g/mol. The summed E-state index contributed by atoms with van der Waals surface area (Å²) in [6.07, 6.45) is 3.11. The van der Waals surface area contributed by atoms with E-state index in [1.54, 1.807) is 11.8 Å².